The van der Waals surface area contributed by atoms with Gasteiger partial charge in [0.05, 0.1) is 6.54 Å². The molecule has 152 valence electrons. The lowest BCUT2D eigenvalue weighted by Crippen LogP contribution is -2.44. The summed E-state index contributed by atoms with van der Waals surface area (Å²) in [5.74, 6) is 1.45. The van der Waals surface area contributed by atoms with Gasteiger partial charge in [0.2, 0.25) is 0 Å². The van der Waals surface area contributed by atoms with Crippen LogP contribution in [0.5, 0.6) is 5.75 Å². The van der Waals surface area contributed by atoms with Crippen LogP contribution in [-0.4, -0.2) is 37.6 Å². The molecule has 0 aromatic heterocycles. The highest BCUT2D eigenvalue weighted by Gasteiger charge is 2.14. The molecule has 0 heterocycles. The first-order valence-corrected chi connectivity index (χ1v) is 9.74. The van der Waals surface area contributed by atoms with E-state index in [1.54, 1.807) is 0 Å². The summed E-state index contributed by atoms with van der Waals surface area (Å²) in [6.07, 6.45) is 6.36. The van der Waals surface area contributed by atoms with Crippen LogP contribution in [0.2, 0.25) is 0 Å². The molecule has 2 rings (SSSR count). The molecule has 1 aliphatic carbocycles. The predicted octanol–water partition coefficient (Wildman–Crippen LogP) is 3.21. The van der Waals surface area contributed by atoms with E-state index < -0.39 is 0 Å². The first-order chi connectivity index (χ1) is 12.7. The second-order valence-electron chi connectivity index (χ2n) is 6.56. The Morgan fingerprint density at radius 2 is 1.89 bits per heavy atom. The summed E-state index contributed by atoms with van der Waals surface area (Å²) >= 11 is 0. The van der Waals surface area contributed by atoms with Gasteiger partial charge in [0.25, 0.3) is 5.91 Å². The molecule has 0 spiro atoms. The largest absolute Gasteiger partial charge is 0.484 e. The number of carbonyl (C=O) groups is 1. The topological polar surface area (TPSA) is 74.8 Å². The number of guanidine groups is 1. The van der Waals surface area contributed by atoms with Crippen molar-refractivity contribution in [1.29, 1.82) is 0 Å². The Morgan fingerprint density at radius 3 is 2.59 bits per heavy atom. The number of rotatable bonds is 8. The molecule has 0 bridgehead atoms. The van der Waals surface area contributed by atoms with Gasteiger partial charge < -0.3 is 20.7 Å². The molecule has 1 fully saturated rings. The standard InChI is InChI=1S/C20H32N4O2.HI/c1-3-21-19(25)15-26-18-12-8-9-16(13-18)14-23-20(22-4-2)24-17-10-6-5-7-11-17;/h8-9,12-13,17H,3-7,10-11,14-15H2,1-2H3,(H,21,25)(H2,22,23,24);1H. The lowest BCUT2D eigenvalue weighted by atomic mass is 9.96. The number of nitrogens with zero attached hydrogens (tertiary/aromatic N) is 1. The van der Waals surface area contributed by atoms with Crippen LogP contribution in [0.3, 0.4) is 0 Å². The van der Waals surface area contributed by atoms with Crippen molar-refractivity contribution in [2.75, 3.05) is 19.7 Å². The molecule has 0 radical (unpaired) electrons. The van der Waals surface area contributed by atoms with E-state index in [-0.39, 0.29) is 36.5 Å². The van der Waals surface area contributed by atoms with Crippen LogP contribution in [0.4, 0.5) is 0 Å². The van der Waals surface area contributed by atoms with E-state index in [9.17, 15) is 4.79 Å². The fourth-order valence-electron chi connectivity index (χ4n) is 3.06. The van der Waals surface area contributed by atoms with Crippen LogP contribution in [0.25, 0.3) is 0 Å². The van der Waals surface area contributed by atoms with Crippen molar-refractivity contribution in [1.82, 2.24) is 16.0 Å². The Kier molecular flexibility index (Phi) is 11.9. The molecule has 1 saturated carbocycles. The van der Waals surface area contributed by atoms with Crippen LogP contribution in [-0.2, 0) is 11.3 Å². The molecular weight excluding hydrogens is 455 g/mol. The highest BCUT2D eigenvalue weighted by Crippen LogP contribution is 2.17. The molecule has 0 atom stereocenters. The minimum absolute atomic E-state index is 0. The van der Waals surface area contributed by atoms with Gasteiger partial charge in [-0.15, -0.1) is 24.0 Å². The number of ether oxygens (including phenoxy) is 1. The van der Waals surface area contributed by atoms with Gasteiger partial charge in [-0.25, -0.2) is 4.99 Å². The SMILES string of the molecule is CCNC(=O)COc1cccc(CN=C(NCC)NC2CCCCC2)c1.I. The summed E-state index contributed by atoms with van der Waals surface area (Å²) in [5.41, 5.74) is 1.05. The third kappa shape index (κ3) is 9.30. The summed E-state index contributed by atoms with van der Waals surface area (Å²) in [4.78, 5) is 16.2. The van der Waals surface area contributed by atoms with E-state index in [2.05, 4.69) is 22.9 Å². The predicted molar refractivity (Wildman–Crippen MR) is 121 cm³/mol. The average Bonchev–Trinajstić information content (AvgIpc) is 2.66. The molecular formula is C20H33IN4O2. The van der Waals surface area contributed by atoms with Crippen LogP contribution in [0.1, 0.15) is 51.5 Å². The van der Waals surface area contributed by atoms with Gasteiger partial charge in [-0.2, -0.15) is 0 Å². The number of halogens is 1. The number of likely N-dealkylation sites (N-methyl/N-ethyl adjacent to an activating group) is 1. The molecule has 1 aromatic rings. The zero-order valence-electron chi connectivity index (χ0n) is 16.4. The molecule has 1 aliphatic rings. The van der Waals surface area contributed by atoms with E-state index in [1.165, 1.54) is 32.1 Å². The lowest BCUT2D eigenvalue weighted by Gasteiger charge is -2.24. The van der Waals surface area contributed by atoms with Crippen molar-refractivity contribution in [3.05, 3.63) is 29.8 Å². The van der Waals surface area contributed by atoms with Gasteiger partial charge in [-0.1, -0.05) is 31.4 Å². The first-order valence-electron chi connectivity index (χ1n) is 9.74. The van der Waals surface area contributed by atoms with Gasteiger partial charge in [0.15, 0.2) is 12.6 Å². The summed E-state index contributed by atoms with van der Waals surface area (Å²) in [5, 5.41) is 9.60. The normalized spacial score (nSPS) is 14.8. The third-order valence-corrected chi connectivity index (χ3v) is 4.35. The fraction of sp³-hybridized carbons (Fsp3) is 0.600. The monoisotopic (exact) mass is 488 g/mol. The smallest absolute Gasteiger partial charge is 0.257 e. The Morgan fingerprint density at radius 1 is 1.15 bits per heavy atom. The summed E-state index contributed by atoms with van der Waals surface area (Å²) in [6.45, 7) is 6.02. The fourth-order valence-corrected chi connectivity index (χ4v) is 3.06. The van der Waals surface area contributed by atoms with E-state index >= 15 is 0 Å². The highest BCUT2D eigenvalue weighted by atomic mass is 127. The number of aliphatic imine (C=N–C) groups is 1. The van der Waals surface area contributed by atoms with Crippen molar-refractivity contribution < 1.29 is 9.53 Å². The molecule has 7 heteroatoms. The minimum Gasteiger partial charge on any atom is -0.484 e. The molecule has 0 saturated heterocycles. The maximum atomic E-state index is 11.5. The summed E-state index contributed by atoms with van der Waals surface area (Å²) < 4.78 is 5.55. The Hall–Kier alpha value is -1.51. The Balaban J connectivity index is 0.00000364. The van der Waals surface area contributed by atoms with Gasteiger partial charge >= 0.3 is 0 Å². The van der Waals surface area contributed by atoms with Crippen LogP contribution in [0, 0.1) is 0 Å². The number of nitrogens with one attached hydrogen (secondary N) is 3. The van der Waals surface area contributed by atoms with Crippen molar-refractivity contribution in [2.24, 2.45) is 4.99 Å². The summed E-state index contributed by atoms with van der Waals surface area (Å²) in [6, 6.07) is 8.27. The highest BCUT2D eigenvalue weighted by molar-refractivity contribution is 14.0. The van der Waals surface area contributed by atoms with Gasteiger partial charge in [-0.05, 0) is 44.4 Å². The zero-order valence-corrected chi connectivity index (χ0v) is 18.8. The number of hydrogen-bond acceptors (Lipinski definition) is 3. The molecule has 27 heavy (non-hydrogen) atoms. The van der Waals surface area contributed by atoms with Gasteiger partial charge in [0, 0.05) is 19.1 Å². The van der Waals surface area contributed by atoms with Crippen molar-refractivity contribution in [2.45, 2.75) is 58.5 Å². The van der Waals surface area contributed by atoms with Gasteiger partial charge in [0.1, 0.15) is 5.75 Å². The average molecular weight is 488 g/mol. The maximum absolute atomic E-state index is 11.5. The minimum atomic E-state index is -0.109. The van der Waals surface area contributed by atoms with E-state index in [4.69, 9.17) is 9.73 Å². The maximum Gasteiger partial charge on any atom is 0.257 e. The number of hydrogen-bond donors (Lipinski definition) is 3. The van der Waals surface area contributed by atoms with Crippen LogP contribution in [0.15, 0.2) is 29.3 Å². The van der Waals surface area contributed by atoms with Crippen LogP contribution >= 0.6 is 24.0 Å². The molecule has 0 aliphatic heterocycles. The van der Waals surface area contributed by atoms with Gasteiger partial charge in [-0.3, -0.25) is 4.79 Å². The third-order valence-electron chi connectivity index (χ3n) is 4.35. The summed E-state index contributed by atoms with van der Waals surface area (Å²) in [7, 11) is 0. The zero-order chi connectivity index (χ0) is 18.6. The Bertz CT molecular complexity index is 589. The van der Waals surface area contributed by atoms with Crippen molar-refractivity contribution >= 4 is 35.8 Å². The number of carbonyl (C=O) groups excluding carboxylic acids is 1. The number of benzene rings is 1. The quantitative estimate of drug-likeness (QED) is 0.299. The lowest BCUT2D eigenvalue weighted by molar-refractivity contribution is -0.122. The molecule has 1 amide bonds. The molecule has 6 nitrogen and oxygen atoms in total. The molecule has 3 N–H and O–H groups in total. The van der Waals surface area contributed by atoms with Crippen LogP contribution < -0.4 is 20.7 Å². The number of amides is 1. The molecule has 0 unspecified atom stereocenters. The van der Waals surface area contributed by atoms with Crippen molar-refractivity contribution in [3.8, 4) is 5.75 Å². The van der Waals surface area contributed by atoms with Crippen molar-refractivity contribution in [3.63, 3.8) is 0 Å². The van der Waals surface area contributed by atoms with E-state index in [0.717, 1.165) is 18.1 Å². The van der Waals surface area contributed by atoms with E-state index in [1.807, 2.05) is 31.2 Å². The molecule has 1 aromatic carbocycles. The first kappa shape index (κ1) is 23.5. The van der Waals surface area contributed by atoms with E-state index in [0.29, 0.717) is 24.9 Å². The Labute approximate surface area is 179 Å². The second-order valence-corrected chi connectivity index (χ2v) is 6.56. The second kappa shape index (κ2) is 13.6.